The lowest BCUT2D eigenvalue weighted by molar-refractivity contribution is -0.144. The maximum absolute atomic E-state index is 13.3. The lowest BCUT2D eigenvalue weighted by atomic mass is 9.60. The molecule has 4 heteroatoms. The highest BCUT2D eigenvalue weighted by Crippen LogP contribution is 2.53. The van der Waals surface area contributed by atoms with Crippen molar-refractivity contribution in [2.45, 2.75) is 18.3 Å². The summed E-state index contributed by atoms with van der Waals surface area (Å²) in [6.07, 6.45) is 0.964. The molecule has 1 saturated carbocycles. The molecule has 2 unspecified atom stereocenters. The van der Waals surface area contributed by atoms with E-state index in [9.17, 15) is 4.79 Å². The Bertz CT molecular complexity index is 1140. The van der Waals surface area contributed by atoms with Crippen LogP contribution in [0.4, 0.5) is 0 Å². The van der Waals surface area contributed by atoms with Crippen LogP contribution in [-0.4, -0.2) is 17.5 Å². The largest absolute Gasteiger partial charge is 0.483 e. The van der Waals surface area contributed by atoms with Gasteiger partial charge in [-0.25, -0.2) is 0 Å². The molecule has 1 N–H and O–H groups in total. The molecule has 0 heterocycles. The molecule has 5 rings (SSSR count). The molecule has 0 amide bonds. The number of rotatable bonds is 4. The number of esters is 1. The Kier molecular flexibility index (Phi) is 6.61. The molecule has 1 aliphatic rings. The Morgan fingerprint density at radius 1 is 0.750 bits per heavy atom. The Morgan fingerprint density at radius 3 is 1.81 bits per heavy atom. The van der Waals surface area contributed by atoms with Crippen molar-refractivity contribution in [2.24, 2.45) is 5.92 Å². The lowest BCUT2D eigenvalue weighted by Gasteiger charge is -2.43. The Labute approximate surface area is 187 Å². The van der Waals surface area contributed by atoms with Gasteiger partial charge < -0.3 is 9.84 Å². The van der Waals surface area contributed by atoms with Gasteiger partial charge in [-0.05, 0) is 52.3 Å². The van der Waals surface area contributed by atoms with Crippen molar-refractivity contribution in [3.8, 4) is 5.75 Å². The van der Waals surface area contributed by atoms with E-state index in [4.69, 9.17) is 14.6 Å². The minimum absolute atomic E-state index is 0.144. The molecular formula is C28H24O4. The van der Waals surface area contributed by atoms with Gasteiger partial charge in [-0.15, -0.1) is 0 Å². The van der Waals surface area contributed by atoms with Crippen molar-refractivity contribution in [1.82, 2.24) is 0 Å². The third-order valence-corrected chi connectivity index (χ3v) is 6.04. The number of benzene rings is 4. The van der Waals surface area contributed by atoms with Crippen LogP contribution in [0, 0.1) is 5.92 Å². The van der Waals surface area contributed by atoms with Gasteiger partial charge in [0.2, 0.25) is 0 Å². The fourth-order valence-corrected chi connectivity index (χ4v) is 4.48. The first-order valence-electron chi connectivity index (χ1n) is 10.6. The van der Waals surface area contributed by atoms with E-state index in [-0.39, 0.29) is 30.2 Å². The van der Waals surface area contributed by atoms with Crippen molar-refractivity contribution in [3.63, 3.8) is 0 Å². The number of hydrogen-bond donors (Lipinski definition) is 1. The van der Waals surface area contributed by atoms with Crippen molar-refractivity contribution < 1.29 is 19.4 Å². The molecule has 1 aliphatic carbocycles. The lowest BCUT2D eigenvalue weighted by Crippen LogP contribution is -2.41. The number of carboxylic acid groups (broad SMARTS) is 1. The van der Waals surface area contributed by atoms with E-state index in [0.717, 1.165) is 17.2 Å². The third kappa shape index (κ3) is 4.54. The Morgan fingerprint density at radius 2 is 1.25 bits per heavy atom. The molecule has 0 radical (unpaired) electrons. The second-order valence-electron chi connectivity index (χ2n) is 7.83. The van der Waals surface area contributed by atoms with Crippen molar-refractivity contribution in [3.05, 3.63) is 114 Å². The molecule has 0 bridgehead atoms. The van der Waals surface area contributed by atoms with Gasteiger partial charge in [-0.3, -0.25) is 9.59 Å². The topological polar surface area (TPSA) is 63.6 Å². The van der Waals surface area contributed by atoms with Crippen LogP contribution in [0.1, 0.15) is 29.4 Å². The first-order chi connectivity index (χ1) is 15.7. The normalized spacial score (nSPS) is 19.2. The summed E-state index contributed by atoms with van der Waals surface area (Å²) in [5.41, 5.74) is 2.42. The average Bonchev–Trinajstić information content (AvgIpc) is 2.80. The van der Waals surface area contributed by atoms with Crippen molar-refractivity contribution in [2.75, 3.05) is 0 Å². The second-order valence-corrected chi connectivity index (χ2v) is 7.83. The van der Waals surface area contributed by atoms with Crippen molar-refractivity contribution >= 4 is 23.2 Å². The standard InChI is InChI=1S/C27H22O2.CH2O2/c28-27(29-23-16-15-19-9-7-8-14-22(19)17-23)26-24(20-10-3-1-4-11-20)18-25(26)21-12-5-2-6-13-21;2-1-3/h1-17,24-26H,18H2;1H,(H,2,3)/t24-,25?,26?;/m0./s1. The molecule has 4 nitrogen and oxygen atoms in total. The summed E-state index contributed by atoms with van der Waals surface area (Å²) >= 11 is 0. The van der Waals surface area contributed by atoms with E-state index in [1.165, 1.54) is 11.1 Å². The predicted octanol–water partition coefficient (Wildman–Crippen LogP) is 6.03. The highest BCUT2D eigenvalue weighted by atomic mass is 16.5. The second kappa shape index (κ2) is 9.92. The van der Waals surface area contributed by atoms with Crippen LogP contribution in [0.2, 0.25) is 0 Å². The first-order valence-corrected chi connectivity index (χ1v) is 10.6. The van der Waals surface area contributed by atoms with Gasteiger partial charge in [-0.1, -0.05) is 91.0 Å². The predicted molar refractivity (Wildman–Crippen MR) is 125 cm³/mol. The van der Waals surface area contributed by atoms with E-state index in [1.54, 1.807) is 0 Å². The number of carbonyl (C=O) groups excluding carboxylic acids is 1. The van der Waals surface area contributed by atoms with Crippen molar-refractivity contribution in [1.29, 1.82) is 0 Å². The molecular weight excluding hydrogens is 400 g/mol. The highest BCUT2D eigenvalue weighted by molar-refractivity contribution is 5.85. The van der Waals surface area contributed by atoms with E-state index >= 15 is 0 Å². The zero-order valence-electron chi connectivity index (χ0n) is 17.5. The fourth-order valence-electron chi connectivity index (χ4n) is 4.48. The summed E-state index contributed by atoms with van der Waals surface area (Å²) in [4.78, 5) is 21.6. The molecule has 4 aromatic carbocycles. The van der Waals surface area contributed by atoms with E-state index < -0.39 is 0 Å². The molecule has 0 aromatic heterocycles. The summed E-state index contributed by atoms with van der Waals surface area (Å²) in [5.74, 6) is 0.670. The van der Waals surface area contributed by atoms with Crippen LogP contribution in [-0.2, 0) is 9.59 Å². The van der Waals surface area contributed by atoms with Crippen LogP contribution in [0.15, 0.2) is 103 Å². The molecule has 1 fully saturated rings. The van der Waals surface area contributed by atoms with Gasteiger partial charge in [0.1, 0.15) is 5.75 Å². The fraction of sp³-hybridized carbons (Fsp3) is 0.143. The Balaban J connectivity index is 0.000000775. The van der Waals surface area contributed by atoms with Gasteiger partial charge >= 0.3 is 5.97 Å². The van der Waals surface area contributed by atoms with Gasteiger partial charge in [0.15, 0.2) is 0 Å². The number of ether oxygens (including phenoxy) is 1. The average molecular weight is 424 g/mol. The SMILES string of the molecule is O=C(Oc1ccc2ccccc2c1)C1C(c2ccccc2)C[C@H]1c1ccccc1.O=CO. The van der Waals surface area contributed by atoms with Gasteiger partial charge in [-0.2, -0.15) is 0 Å². The summed E-state index contributed by atoms with van der Waals surface area (Å²) < 4.78 is 5.89. The summed E-state index contributed by atoms with van der Waals surface area (Å²) in [7, 11) is 0. The molecule has 32 heavy (non-hydrogen) atoms. The smallest absolute Gasteiger partial charge is 0.315 e. The quantitative estimate of drug-likeness (QED) is 0.247. The van der Waals surface area contributed by atoms with Crippen LogP contribution in [0.5, 0.6) is 5.75 Å². The van der Waals surface area contributed by atoms with Gasteiger partial charge in [0.05, 0.1) is 5.92 Å². The molecule has 160 valence electrons. The molecule has 0 aliphatic heterocycles. The zero-order valence-corrected chi connectivity index (χ0v) is 17.5. The van der Waals surface area contributed by atoms with Crippen LogP contribution in [0.3, 0.4) is 0 Å². The summed E-state index contributed by atoms with van der Waals surface area (Å²) in [5, 5.41) is 9.10. The zero-order chi connectivity index (χ0) is 22.3. The van der Waals surface area contributed by atoms with E-state index in [0.29, 0.717) is 5.75 Å². The maximum Gasteiger partial charge on any atom is 0.315 e. The molecule has 0 spiro atoms. The van der Waals surface area contributed by atoms with Crippen LogP contribution >= 0.6 is 0 Å². The summed E-state index contributed by atoms with van der Waals surface area (Å²) in [6.45, 7) is -0.250. The molecule has 0 saturated heterocycles. The number of fused-ring (bicyclic) bond motifs is 1. The first kappa shape index (κ1) is 21.3. The monoisotopic (exact) mass is 424 g/mol. The Hall–Kier alpha value is -3.92. The molecule has 4 aromatic rings. The minimum atomic E-state index is -0.250. The minimum Gasteiger partial charge on any atom is -0.483 e. The van der Waals surface area contributed by atoms with Crippen LogP contribution < -0.4 is 4.74 Å². The molecule has 3 atom stereocenters. The number of carbonyl (C=O) groups is 2. The van der Waals surface area contributed by atoms with Gasteiger partial charge in [0.25, 0.3) is 6.47 Å². The third-order valence-electron chi connectivity index (χ3n) is 6.04. The van der Waals surface area contributed by atoms with E-state index in [2.05, 4.69) is 30.3 Å². The number of hydrogen-bond acceptors (Lipinski definition) is 3. The highest BCUT2D eigenvalue weighted by Gasteiger charge is 2.48. The van der Waals surface area contributed by atoms with E-state index in [1.807, 2.05) is 72.8 Å². The maximum atomic E-state index is 13.3. The summed E-state index contributed by atoms with van der Waals surface area (Å²) in [6, 6.07) is 34.6. The van der Waals surface area contributed by atoms with Crippen LogP contribution in [0.25, 0.3) is 10.8 Å². The van der Waals surface area contributed by atoms with Gasteiger partial charge in [0, 0.05) is 0 Å².